The first-order valence-corrected chi connectivity index (χ1v) is 16.8. The Balaban J connectivity index is 1.22. The van der Waals surface area contributed by atoms with Crippen LogP contribution < -0.4 is 24.8 Å². The zero-order valence-corrected chi connectivity index (χ0v) is 26.9. The number of fused-ring (bicyclic) bond motifs is 1. The van der Waals surface area contributed by atoms with Gasteiger partial charge >= 0.3 is 0 Å². The van der Waals surface area contributed by atoms with Gasteiger partial charge in [-0.15, -0.1) is 0 Å². The normalized spacial score (nSPS) is 15.9. The van der Waals surface area contributed by atoms with Crippen LogP contribution in [0.2, 0.25) is 0 Å². The molecule has 0 spiro atoms. The smallest absolute Gasteiger partial charge is 0.263 e. The molecule has 1 saturated heterocycles. The number of methoxy groups -OCH3 is 2. The number of hydrogen-bond acceptors (Lipinski definition) is 11. The molecule has 2 unspecified atom stereocenters. The fourth-order valence-corrected chi connectivity index (χ4v) is 6.80. The molecule has 1 aliphatic rings. The quantitative estimate of drug-likeness (QED) is 0.125. The van der Waals surface area contributed by atoms with Crippen molar-refractivity contribution in [1.29, 1.82) is 0 Å². The van der Waals surface area contributed by atoms with Crippen molar-refractivity contribution in [2.45, 2.75) is 36.4 Å². The summed E-state index contributed by atoms with van der Waals surface area (Å²) >= 11 is 0. The predicted octanol–water partition coefficient (Wildman–Crippen LogP) is 5.54. The summed E-state index contributed by atoms with van der Waals surface area (Å²) in [5.74, 6) is 1.29. The van der Waals surface area contributed by atoms with Crippen molar-refractivity contribution in [1.82, 2.24) is 19.9 Å². The number of pyridine rings is 1. The highest BCUT2D eigenvalue weighted by Gasteiger charge is 2.26. The Morgan fingerprint density at radius 2 is 1.57 bits per heavy atom. The second-order valence-electron chi connectivity index (χ2n) is 11.2. The van der Waals surface area contributed by atoms with E-state index in [4.69, 9.17) is 9.47 Å². The SMILES string of the molecule is COc1cc(Nc2nc3ccccc3nc2NS(=O)(=O)c2cccc(NC(O)CN3CCCCC3c3ccncc3)c2)cc(OC)c1. The minimum atomic E-state index is -4.13. The molecule has 4 N–H and O–H groups in total. The highest BCUT2D eigenvalue weighted by Crippen LogP contribution is 2.33. The minimum absolute atomic E-state index is 0.00806. The van der Waals surface area contributed by atoms with Gasteiger partial charge in [-0.2, -0.15) is 0 Å². The third-order valence-corrected chi connectivity index (χ3v) is 9.34. The lowest BCUT2D eigenvalue weighted by Crippen LogP contribution is -2.41. The number of sulfonamides is 1. The second kappa shape index (κ2) is 14.2. The highest BCUT2D eigenvalue weighted by molar-refractivity contribution is 7.92. The number of β-amino-alcohol motifs (C(OH)–C–C–N with tert-alkyl or cyclic N) is 1. The summed E-state index contributed by atoms with van der Waals surface area (Å²) in [7, 11) is -1.04. The minimum Gasteiger partial charge on any atom is -0.497 e. The van der Waals surface area contributed by atoms with Crippen LogP contribution in [-0.2, 0) is 10.0 Å². The van der Waals surface area contributed by atoms with Gasteiger partial charge in [0.1, 0.15) is 17.7 Å². The number of likely N-dealkylation sites (tertiary alicyclic amines) is 1. The van der Waals surface area contributed by atoms with Crippen molar-refractivity contribution in [2.75, 3.05) is 42.7 Å². The van der Waals surface area contributed by atoms with E-state index in [1.165, 1.54) is 17.7 Å². The average Bonchev–Trinajstić information content (AvgIpc) is 3.09. The van der Waals surface area contributed by atoms with Crippen molar-refractivity contribution in [3.8, 4) is 11.5 Å². The first-order valence-electron chi connectivity index (χ1n) is 15.3. The maximum Gasteiger partial charge on any atom is 0.263 e. The number of piperidine rings is 1. The molecule has 0 aliphatic carbocycles. The van der Waals surface area contributed by atoms with Crippen molar-refractivity contribution >= 4 is 44.1 Å². The molecule has 47 heavy (non-hydrogen) atoms. The monoisotopic (exact) mass is 655 g/mol. The third kappa shape index (κ3) is 7.71. The van der Waals surface area contributed by atoms with Gasteiger partial charge in [-0.25, -0.2) is 18.4 Å². The van der Waals surface area contributed by atoms with Gasteiger partial charge in [0.15, 0.2) is 11.6 Å². The summed E-state index contributed by atoms with van der Waals surface area (Å²) in [6, 6.07) is 22.9. The van der Waals surface area contributed by atoms with Crippen LogP contribution in [0.4, 0.5) is 23.0 Å². The van der Waals surface area contributed by atoms with Crippen LogP contribution in [0.1, 0.15) is 30.9 Å². The molecule has 0 radical (unpaired) electrons. The van der Waals surface area contributed by atoms with E-state index in [2.05, 4.69) is 35.2 Å². The lowest BCUT2D eigenvalue weighted by Gasteiger charge is -2.37. The summed E-state index contributed by atoms with van der Waals surface area (Å²) < 4.78 is 40.9. The molecule has 244 valence electrons. The van der Waals surface area contributed by atoms with E-state index < -0.39 is 16.3 Å². The van der Waals surface area contributed by atoms with Gasteiger partial charge < -0.3 is 25.2 Å². The number of anilines is 4. The first kappa shape index (κ1) is 32.0. The van der Waals surface area contributed by atoms with E-state index in [-0.39, 0.29) is 22.6 Å². The molecule has 0 saturated carbocycles. The maximum atomic E-state index is 13.7. The topological polar surface area (TPSA) is 151 Å². The number of aliphatic hydroxyl groups is 1. The molecule has 0 bridgehead atoms. The molecule has 1 aliphatic heterocycles. The molecule has 2 aromatic heterocycles. The fourth-order valence-electron chi connectivity index (χ4n) is 5.75. The van der Waals surface area contributed by atoms with Crippen LogP contribution >= 0.6 is 0 Å². The molecule has 5 aromatic rings. The Hall–Kier alpha value is -4.98. The molecule has 13 heteroatoms. The number of benzene rings is 3. The van der Waals surface area contributed by atoms with Crippen LogP contribution in [0.15, 0.2) is 96.2 Å². The number of aliphatic hydroxyl groups excluding tert-OH is 1. The van der Waals surface area contributed by atoms with Gasteiger partial charge in [-0.3, -0.25) is 14.6 Å². The van der Waals surface area contributed by atoms with E-state index in [1.807, 2.05) is 18.2 Å². The second-order valence-corrected chi connectivity index (χ2v) is 12.9. The average molecular weight is 656 g/mol. The van der Waals surface area contributed by atoms with E-state index in [9.17, 15) is 13.5 Å². The summed E-state index contributed by atoms with van der Waals surface area (Å²) in [5.41, 5.74) is 3.28. The standard InChI is InChI=1S/C34H37N7O5S/c1-45-26-18-25(19-27(21-26)46-2)37-33-34(39-30-11-4-3-10-29(30)38-33)40-47(43,44)28-9-7-8-24(20-28)36-32(42)22-41-17-6-5-12-31(41)23-13-15-35-16-14-23/h3-4,7-11,13-16,18-21,31-32,36,42H,5-6,12,17,22H2,1-2H3,(H,37,38)(H,39,40). The van der Waals surface area contributed by atoms with E-state index in [0.29, 0.717) is 40.5 Å². The lowest BCUT2D eigenvalue weighted by atomic mass is 9.96. The van der Waals surface area contributed by atoms with Crippen LogP contribution in [0.3, 0.4) is 0 Å². The van der Waals surface area contributed by atoms with Gasteiger partial charge in [0.2, 0.25) is 0 Å². The van der Waals surface area contributed by atoms with Gasteiger partial charge in [-0.05, 0) is 67.4 Å². The number of nitrogens with one attached hydrogen (secondary N) is 3. The Morgan fingerprint density at radius 3 is 2.28 bits per heavy atom. The largest absolute Gasteiger partial charge is 0.497 e. The van der Waals surface area contributed by atoms with Crippen LogP contribution in [0, 0.1) is 0 Å². The third-order valence-electron chi connectivity index (χ3n) is 8.01. The molecule has 2 atom stereocenters. The van der Waals surface area contributed by atoms with Gasteiger partial charge in [-0.1, -0.05) is 24.6 Å². The molecule has 12 nitrogen and oxygen atoms in total. The Bertz CT molecular complexity index is 1920. The van der Waals surface area contributed by atoms with E-state index in [0.717, 1.165) is 25.8 Å². The van der Waals surface area contributed by atoms with Crippen molar-refractivity contribution in [3.63, 3.8) is 0 Å². The molecule has 6 rings (SSSR count). The molecule has 0 amide bonds. The molecular formula is C34H37N7O5S. The molecular weight excluding hydrogens is 618 g/mol. The number of ether oxygens (including phenoxy) is 2. The number of aromatic nitrogens is 3. The van der Waals surface area contributed by atoms with E-state index >= 15 is 0 Å². The zero-order valence-electron chi connectivity index (χ0n) is 26.1. The van der Waals surface area contributed by atoms with Crippen LogP contribution in [-0.4, -0.2) is 66.9 Å². The number of nitrogens with zero attached hydrogens (tertiary/aromatic N) is 4. The Labute approximate surface area is 273 Å². The first-order chi connectivity index (χ1) is 22.8. The van der Waals surface area contributed by atoms with E-state index in [1.54, 1.807) is 75.1 Å². The number of para-hydroxylation sites is 2. The highest BCUT2D eigenvalue weighted by atomic mass is 32.2. The summed E-state index contributed by atoms with van der Waals surface area (Å²) in [6.07, 6.45) is 5.81. The Kier molecular flexibility index (Phi) is 9.66. The van der Waals surface area contributed by atoms with Crippen molar-refractivity contribution in [2.24, 2.45) is 0 Å². The van der Waals surface area contributed by atoms with Gasteiger partial charge in [0.25, 0.3) is 10.0 Å². The van der Waals surface area contributed by atoms with Gasteiger partial charge in [0.05, 0.1) is 30.1 Å². The summed E-state index contributed by atoms with van der Waals surface area (Å²) in [4.78, 5) is 15.6. The van der Waals surface area contributed by atoms with Crippen molar-refractivity contribution < 1.29 is 23.0 Å². The number of rotatable bonds is 12. The predicted molar refractivity (Wildman–Crippen MR) is 182 cm³/mol. The van der Waals surface area contributed by atoms with Crippen LogP contribution in [0.25, 0.3) is 11.0 Å². The molecule has 3 aromatic carbocycles. The van der Waals surface area contributed by atoms with Crippen molar-refractivity contribution in [3.05, 3.63) is 96.8 Å². The maximum absolute atomic E-state index is 13.7. The zero-order chi connectivity index (χ0) is 32.8. The number of hydrogen-bond donors (Lipinski definition) is 4. The summed E-state index contributed by atoms with van der Waals surface area (Å²) in [6.45, 7) is 1.23. The fraction of sp³-hybridized carbons (Fsp3) is 0.265. The lowest BCUT2D eigenvalue weighted by molar-refractivity contribution is 0.0803. The summed E-state index contributed by atoms with van der Waals surface area (Å²) in [5, 5.41) is 17.3. The molecule has 3 heterocycles. The van der Waals surface area contributed by atoms with Gasteiger partial charge in [0, 0.05) is 54.6 Å². The van der Waals surface area contributed by atoms with Crippen LogP contribution in [0.5, 0.6) is 11.5 Å². The molecule has 1 fully saturated rings. The Morgan fingerprint density at radius 1 is 0.872 bits per heavy atom.